The van der Waals surface area contributed by atoms with Crippen LogP contribution < -0.4 is 15.6 Å². The molecule has 8 heteroatoms. The third-order valence-electron chi connectivity index (χ3n) is 4.07. The average Bonchev–Trinajstić information content (AvgIpc) is 2.65. The first-order chi connectivity index (χ1) is 12.8. The van der Waals surface area contributed by atoms with Crippen LogP contribution in [-0.2, 0) is 4.79 Å². The van der Waals surface area contributed by atoms with Crippen molar-refractivity contribution >= 4 is 17.7 Å². The van der Waals surface area contributed by atoms with Gasteiger partial charge in [-0.05, 0) is 44.5 Å². The molecule has 0 bridgehead atoms. The summed E-state index contributed by atoms with van der Waals surface area (Å²) < 4.78 is 5.12. The number of carbonyl (C=O) groups is 1. The van der Waals surface area contributed by atoms with Crippen LogP contribution >= 0.6 is 11.8 Å². The van der Waals surface area contributed by atoms with Crippen LogP contribution in [0.25, 0.3) is 11.3 Å². The Bertz CT molecular complexity index is 914. The number of nitriles is 1. The van der Waals surface area contributed by atoms with Gasteiger partial charge in [0.15, 0.2) is 5.16 Å². The van der Waals surface area contributed by atoms with E-state index >= 15 is 0 Å². The molecule has 142 valence electrons. The summed E-state index contributed by atoms with van der Waals surface area (Å²) in [5.41, 5.74) is 0.00554. The number of hydrogen-bond acceptors (Lipinski definition) is 6. The van der Waals surface area contributed by atoms with Crippen LogP contribution in [0.15, 0.2) is 34.2 Å². The van der Waals surface area contributed by atoms with E-state index in [9.17, 15) is 14.9 Å². The summed E-state index contributed by atoms with van der Waals surface area (Å²) in [6.07, 6.45) is 0.803. The Morgan fingerprint density at radius 3 is 2.59 bits per heavy atom. The Balaban J connectivity index is 2.26. The molecular formula is C19H22N4O3S. The molecule has 0 atom stereocenters. The zero-order valence-electron chi connectivity index (χ0n) is 15.8. The number of aromatic amines is 1. The largest absolute Gasteiger partial charge is 0.497 e. The van der Waals surface area contributed by atoms with Crippen LogP contribution in [0.5, 0.6) is 5.75 Å². The maximum atomic E-state index is 12.3. The second kappa shape index (κ2) is 8.73. The molecule has 0 unspecified atom stereocenters. The zero-order chi connectivity index (χ0) is 20.0. The van der Waals surface area contributed by atoms with Gasteiger partial charge in [-0.1, -0.05) is 18.7 Å². The number of carbonyl (C=O) groups excluding carboxylic acids is 1. The number of amides is 1. The molecule has 1 heterocycles. The summed E-state index contributed by atoms with van der Waals surface area (Å²) in [6.45, 7) is 5.88. The highest BCUT2D eigenvalue weighted by molar-refractivity contribution is 7.99. The summed E-state index contributed by atoms with van der Waals surface area (Å²) in [4.78, 5) is 31.3. The highest BCUT2D eigenvalue weighted by Gasteiger charge is 2.19. The molecule has 1 aromatic carbocycles. The molecule has 0 saturated heterocycles. The smallest absolute Gasteiger partial charge is 0.270 e. The van der Waals surface area contributed by atoms with E-state index in [-0.39, 0.29) is 33.6 Å². The van der Waals surface area contributed by atoms with Crippen molar-refractivity contribution in [2.24, 2.45) is 0 Å². The molecule has 0 aliphatic carbocycles. The van der Waals surface area contributed by atoms with Gasteiger partial charge in [0.05, 0.1) is 18.6 Å². The number of hydrogen-bond donors (Lipinski definition) is 2. The fourth-order valence-corrected chi connectivity index (χ4v) is 2.88. The first-order valence-electron chi connectivity index (χ1n) is 8.42. The van der Waals surface area contributed by atoms with E-state index in [2.05, 4.69) is 15.3 Å². The Kier molecular flexibility index (Phi) is 6.64. The van der Waals surface area contributed by atoms with E-state index < -0.39 is 5.56 Å². The topological polar surface area (TPSA) is 108 Å². The Hall–Kier alpha value is -2.79. The van der Waals surface area contributed by atoms with Gasteiger partial charge in [-0.15, -0.1) is 0 Å². The van der Waals surface area contributed by atoms with Gasteiger partial charge in [-0.25, -0.2) is 4.98 Å². The first kappa shape index (κ1) is 20.5. The van der Waals surface area contributed by atoms with Crippen LogP contribution in [0.4, 0.5) is 0 Å². The molecule has 0 spiro atoms. The average molecular weight is 386 g/mol. The van der Waals surface area contributed by atoms with Gasteiger partial charge >= 0.3 is 0 Å². The van der Waals surface area contributed by atoms with Crippen LogP contribution in [-0.4, -0.2) is 34.3 Å². The molecule has 2 rings (SSSR count). The fourth-order valence-electron chi connectivity index (χ4n) is 2.22. The van der Waals surface area contributed by atoms with Gasteiger partial charge in [0.25, 0.3) is 5.56 Å². The van der Waals surface area contributed by atoms with Gasteiger partial charge < -0.3 is 15.0 Å². The van der Waals surface area contributed by atoms with Crippen molar-refractivity contribution in [1.29, 1.82) is 5.26 Å². The normalized spacial score (nSPS) is 10.9. The second-order valence-corrected chi connectivity index (χ2v) is 7.47. The first-order valence-corrected chi connectivity index (χ1v) is 9.41. The third-order valence-corrected chi connectivity index (χ3v) is 4.95. The van der Waals surface area contributed by atoms with E-state index in [4.69, 9.17) is 4.74 Å². The number of nitrogens with one attached hydrogen (secondary N) is 2. The lowest BCUT2D eigenvalue weighted by atomic mass is 10.0. The van der Waals surface area contributed by atoms with E-state index in [1.807, 2.05) is 26.8 Å². The lowest BCUT2D eigenvalue weighted by Crippen LogP contribution is -2.43. The number of methoxy groups -OCH3 is 1. The number of H-pyrrole nitrogens is 1. The highest BCUT2D eigenvalue weighted by Crippen LogP contribution is 2.24. The van der Waals surface area contributed by atoms with Crippen molar-refractivity contribution in [2.45, 2.75) is 37.9 Å². The Labute approximate surface area is 162 Å². The van der Waals surface area contributed by atoms with E-state index in [1.165, 1.54) is 0 Å². The summed E-state index contributed by atoms with van der Waals surface area (Å²) in [5, 5.41) is 12.5. The van der Waals surface area contributed by atoms with Crippen molar-refractivity contribution in [3.63, 3.8) is 0 Å². The van der Waals surface area contributed by atoms with Crippen molar-refractivity contribution in [2.75, 3.05) is 12.9 Å². The molecule has 0 radical (unpaired) electrons. The minimum atomic E-state index is -0.532. The zero-order valence-corrected chi connectivity index (χ0v) is 16.6. The lowest BCUT2D eigenvalue weighted by molar-refractivity contribution is -0.120. The Morgan fingerprint density at radius 2 is 2.04 bits per heavy atom. The molecule has 0 saturated carbocycles. The SMILES string of the molecule is CCC(C)(C)NC(=O)CSc1nc(-c2ccc(OC)cc2)c(C#N)c(=O)[nH]1. The maximum Gasteiger partial charge on any atom is 0.270 e. The van der Waals surface area contributed by atoms with Crippen molar-refractivity contribution in [1.82, 2.24) is 15.3 Å². The van der Waals surface area contributed by atoms with E-state index in [0.29, 0.717) is 11.3 Å². The minimum Gasteiger partial charge on any atom is -0.497 e. The number of ether oxygens (including phenoxy) is 1. The predicted octanol–water partition coefficient (Wildman–Crippen LogP) is 2.71. The summed E-state index contributed by atoms with van der Waals surface area (Å²) in [5.74, 6) is 0.622. The monoisotopic (exact) mass is 386 g/mol. The maximum absolute atomic E-state index is 12.3. The molecule has 0 aliphatic rings. The summed E-state index contributed by atoms with van der Waals surface area (Å²) in [7, 11) is 1.56. The van der Waals surface area contributed by atoms with Gasteiger partial charge in [0.1, 0.15) is 17.4 Å². The fraction of sp³-hybridized carbons (Fsp3) is 0.368. The lowest BCUT2D eigenvalue weighted by Gasteiger charge is -2.24. The van der Waals surface area contributed by atoms with Crippen LogP contribution in [0.1, 0.15) is 32.8 Å². The Morgan fingerprint density at radius 1 is 1.37 bits per heavy atom. The standard InChI is InChI=1S/C19H22N4O3S/c1-5-19(2,3)23-15(24)11-27-18-21-16(14(10-20)17(25)22-18)12-6-8-13(26-4)9-7-12/h6-9H,5,11H2,1-4H3,(H,23,24)(H,21,22,25). The quantitative estimate of drug-likeness (QED) is 0.559. The van der Waals surface area contributed by atoms with Crippen molar-refractivity contribution in [3.05, 3.63) is 40.2 Å². The summed E-state index contributed by atoms with van der Waals surface area (Å²) in [6, 6.07) is 8.81. The molecular weight excluding hydrogens is 364 g/mol. The highest BCUT2D eigenvalue weighted by atomic mass is 32.2. The second-order valence-electron chi connectivity index (χ2n) is 6.51. The number of benzene rings is 1. The molecule has 1 aromatic heterocycles. The summed E-state index contributed by atoms with van der Waals surface area (Å²) >= 11 is 1.12. The van der Waals surface area contributed by atoms with Gasteiger partial charge in [-0.2, -0.15) is 5.26 Å². The molecule has 2 N–H and O–H groups in total. The molecule has 0 aliphatic heterocycles. The number of nitrogens with zero attached hydrogens (tertiary/aromatic N) is 2. The van der Waals surface area contributed by atoms with Crippen molar-refractivity contribution in [3.8, 4) is 23.1 Å². The van der Waals surface area contributed by atoms with Crippen LogP contribution in [0, 0.1) is 11.3 Å². The van der Waals surface area contributed by atoms with E-state index in [1.54, 1.807) is 31.4 Å². The van der Waals surface area contributed by atoms with E-state index in [0.717, 1.165) is 18.2 Å². The van der Waals surface area contributed by atoms with Gasteiger partial charge in [0.2, 0.25) is 5.91 Å². The number of rotatable bonds is 7. The van der Waals surface area contributed by atoms with Crippen LogP contribution in [0.2, 0.25) is 0 Å². The molecule has 0 fully saturated rings. The minimum absolute atomic E-state index is 0.0684. The molecule has 1 amide bonds. The van der Waals surface area contributed by atoms with Crippen molar-refractivity contribution < 1.29 is 9.53 Å². The van der Waals surface area contributed by atoms with Crippen LogP contribution in [0.3, 0.4) is 0 Å². The van der Waals surface area contributed by atoms with Gasteiger partial charge in [-0.3, -0.25) is 9.59 Å². The number of aromatic nitrogens is 2. The molecule has 2 aromatic rings. The third kappa shape index (κ3) is 5.34. The number of thioether (sulfide) groups is 1. The van der Waals surface area contributed by atoms with Gasteiger partial charge in [0, 0.05) is 11.1 Å². The molecule has 27 heavy (non-hydrogen) atoms. The predicted molar refractivity (Wildman–Crippen MR) is 105 cm³/mol. The molecule has 7 nitrogen and oxygen atoms in total.